The lowest BCUT2D eigenvalue weighted by molar-refractivity contribution is 0.274. The molecule has 3 heteroatoms. The van der Waals surface area contributed by atoms with Crippen LogP contribution in [0.25, 0.3) is 0 Å². The van der Waals surface area contributed by atoms with Gasteiger partial charge in [0, 0.05) is 12.1 Å². The third kappa shape index (κ3) is 2.63. The summed E-state index contributed by atoms with van der Waals surface area (Å²) in [5.74, 6) is 1.04. The molecule has 0 radical (unpaired) electrons. The van der Waals surface area contributed by atoms with Crippen LogP contribution in [0.5, 0.6) is 11.5 Å². The molecule has 3 nitrogen and oxygen atoms in total. The molecule has 0 saturated carbocycles. The van der Waals surface area contributed by atoms with Crippen LogP contribution in [-0.4, -0.2) is 24.3 Å². The van der Waals surface area contributed by atoms with Crippen molar-refractivity contribution in [3.8, 4) is 11.5 Å². The summed E-state index contributed by atoms with van der Waals surface area (Å²) in [6, 6.07) is 5.68. The Balaban J connectivity index is 1.94. The van der Waals surface area contributed by atoms with Gasteiger partial charge in [0.25, 0.3) is 0 Å². The summed E-state index contributed by atoms with van der Waals surface area (Å²) in [5, 5.41) is 12.7. The van der Waals surface area contributed by atoms with Gasteiger partial charge in [-0.25, -0.2) is 0 Å². The summed E-state index contributed by atoms with van der Waals surface area (Å²) in [5.41, 5.74) is 1.06. The van der Waals surface area contributed by atoms with E-state index in [2.05, 4.69) is 5.32 Å². The van der Waals surface area contributed by atoms with Crippen LogP contribution in [0.3, 0.4) is 0 Å². The van der Waals surface area contributed by atoms with Crippen molar-refractivity contribution in [2.24, 2.45) is 0 Å². The summed E-state index contributed by atoms with van der Waals surface area (Å²) in [6.45, 7) is 3.76. The summed E-state index contributed by atoms with van der Waals surface area (Å²) >= 11 is 0. The van der Waals surface area contributed by atoms with Crippen molar-refractivity contribution in [1.82, 2.24) is 5.32 Å². The number of aromatic hydroxyl groups is 1. The lowest BCUT2D eigenvalue weighted by atomic mass is 10.2. The van der Waals surface area contributed by atoms with Crippen LogP contribution in [0.4, 0.5) is 0 Å². The van der Waals surface area contributed by atoms with Crippen molar-refractivity contribution in [3.63, 3.8) is 0 Å². The SMILES string of the molecule is Cc1ccc(O)cc1OCC1CCCN1. The van der Waals surface area contributed by atoms with E-state index < -0.39 is 0 Å². The van der Waals surface area contributed by atoms with Crippen LogP contribution in [0.1, 0.15) is 18.4 Å². The zero-order chi connectivity index (χ0) is 10.7. The van der Waals surface area contributed by atoms with E-state index in [9.17, 15) is 5.11 Å². The Kier molecular flexibility index (Phi) is 3.11. The zero-order valence-corrected chi connectivity index (χ0v) is 8.99. The molecule has 1 aliphatic heterocycles. The van der Waals surface area contributed by atoms with Gasteiger partial charge in [0.1, 0.15) is 18.1 Å². The molecule has 1 aliphatic rings. The second-order valence-corrected chi connectivity index (χ2v) is 4.05. The molecule has 1 unspecified atom stereocenters. The first kappa shape index (κ1) is 10.3. The van der Waals surface area contributed by atoms with E-state index in [4.69, 9.17) is 4.74 Å². The molecule has 82 valence electrons. The molecule has 1 heterocycles. The average Bonchev–Trinajstić information content (AvgIpc) is 2.72. The lowest BCUT2D eigenvalue weighted by Crippen LogP contribution is -2.28. The summed E-state index contributed by atoms with van der Waals surface area (Å²) in [4.78, 5) is 0. The molecule has 0 amide bonds. The van der Waals surface area contributed by atoms with Crippen LogP contribution in [-0.2, 0) is 0 Å². The first-order valence-electron chi connectivity index (χ1n) is 5.41. The number of nitrogens with one attached hydrogen (secondary N) is 1. The first-order chi connectivity index (χ1) is 7.25. The number of hydrogen-bond acceptors (Lipinski definition) is 3. The smallest absolute Gasteiger partial charge is 0.125 e. The van der Waals surface area contributed by atoms with Crippen molar-refractivity contribution in [2.75, 3.05) is 13.2 Å². The van der Waals surface area contributed by atoms with E-state index in [1.165, 1.54) is 12.8 Å². The van der Waals surface area contributed by atoms with Gasteiger partial charge < -0.3 is 15.2 Å². The molecule has 2 rings (SSSR count). The molecule has 2 N–H and O–H groups in total. The van der Waals surface area contributed by atoms with Gasteiger partial charge in [0.2, 0.25) is 0 Å². The van der Waals surface area contributed by atoms with Crippen LogP contribution in [0.2, 0.25) is 0 Å². The highest BCUT2D eigenvalue weighted by Crippen LogP contribution is 2.23. The fourth-order valence-electron chi connectivity index (χ4n) is 1.83. The second kappa shape index (κ2) is 4.53. The van der Waals surface area contributed by atoms with Crippen molar-refractivity contribution in [3.05, 3.63) is 23.8 Å². The highest BCUT2D eigenvalue weighted by Gasteiger charge is 2.14. The second-order valence-electron chi connectivity index (χ2n) is 4.05. The number of phenolic OH excluding ortho intramolecular Hbond substituents is 1. The van der Waals surface area contributed by atoms with Gasteiger partial charge in [0.15, 0.2) is 0 Å². The normalized spacial score (nSPS) is 20.5. The third-order valence-electron chi connectivity index (χ3n) is 2.77. The Morgan fingerprint density at radius 3 is 3.13 bits per heavy atom. The molecular weight excluding hydrogens is 190 g/mol. The third-order valence-corrected chi connectivity index (χ3v) is 2.77. The number of hydrogen-bond donors (Lipinski definition) is 2. The number of rotatable bonds is 3. The Morgan fingerprint density at radius 2 is 2.40 bits per heavy atom. The quantitative estimate of drug-likeness (QED) is 0.794. The highest BCUT2D eigenvalue weighted by atomic mass is 16.5. The Bertz CT molecular complexity index is 332. The number of benzene rings is 1. The Labute approximate surface area is 90.1 Å². The molecule has 0 spiro atoms. The van der Waals surface area contributed by atoms with Gasteiger partial charge in [-0.2, -0.15) is 0 Å². The minimum Gasteiger partial charge on any atom is -0.508 e. The highest BCUT2D eigenvalue weighted by molar-refractivity contribution is 5.39. The number of ether oxygens (including phenoxy) is 1. The zero-order valence-electron chi connectivity index (χ0n) is 8.99. The maximum absolute atomic E-state index is 9.33. The first-order valence-corrected chi connectivity index (χ1v) is 5.41. The predicted molar refractivity (Wildman–Crippen MR) is 59.4 cm³/mol. The summed E-state index contributed by atoms with van der Waals surface area (Å²) < 4.78 is 5.68. The summed E-state index contributed by atoms with van der Waals surface area (Å²) in [7, 11) is 0. The van der Waals surface area contributed by atoms with E-state index in [1.54, 1.807) is 12.1 Å². The molecule has 1 saturated heterocycles. The van der Waals surface area contributed by atoms with Gasteiger partial charge in [-0.3, -0.25) is 0 Å². The number of phenols is 1. The van der Waals surface area contributed by atoms with Crippen molar-refractivity contribution >= 4 is 0 Å². The minimum absolute atomic E-state index is 0.259. The largest absolute Gasteiger partial charge is 0.508 e. The fourth-order valence-corrected chi connectivity index (χ4v) is 1.83. The van der Waals surface area contributed by atoms with Gasteiger partial charge in [-0.05, 0) is 37.9 Å². The standard InChI is InChI=1S/C12H17NO2/c1-9-4-5-11(14)7-12(9)15-8-10-3-2-6-13-10/h4-5,7,10,13-14H,2-3,6,8H2,1H3. The molecular formula is C12H17NO2. The van der Waals surface area contributed by atoms with Crippen molar-refractivity contribution in [1.29, 1.82) is 0 Å². The van der Waals surface area contributed by atoms with Gasteiger partial charge in [-0.1, -0.05) is 6.07 Å². The van der Waals surface area contributed by atoms with Gasteiger partial charge in [-0.15, -0.1) is 0 Å². The van der Waals surface area contributed by atoms with E-state index in [0.29, 0.717) is 12.6 Å². The molecule has 1 aromatic rings. The fraction of sp³-hybridized carbons (Fsp3) is 0.500. The van der Waals surface area contributed by atoms with Crippen LogP contribution >= 0.6 is 0 Å². The molecule has 1 atom stereocenters. The van der Waals surface area contributed by atoms with Crippen LogP contribution < -0.4 is 10.1 Å². The van der Waals surface area contributed by atoms with E-state index >= 15 is 0 Å². The molecule has 0 bridgehead atoms. The topological polar surface area (TPSA) is 41.5 Å². The Hall–Kier alpha value is -1.22. The monoisotopic (exact) mass is 207 g/mol. The van der Waals surface area contributed by atoms with Gasteiger partial charge in [0.05, 0.1) is 0 Å². The number of aryl methyl sites for hydroxylation is 1. The van der Waals surface area contributed by atoms with Crippen molar-refractivity contribution < 1.29 is 9.84 Å². The molecule has 15 heavy (non-hydrogen) atoms. The maximum atomic E-state index is 9.33. The minimum atomic E-state index is 0.259. The maximum Gasteiger partial charge on any atom is 0.125 e. The van der Waals surface area contributed by atoms with Crippen LogP contribution in [0, 0.1) is 6.92 Å². The lowest BCUT2D eigenvalue weighted by Gasteiger charge is -2.13. The molecule has 1 aromatic carbocycles. The molecule has 1 fully saturated rings. The predicted octanol–water partition coefficient (Wildman–Crippen LogP) is 1.83. The molecule has 0 aliphatic carbocycles. The average molecular weight is 207 g/mol. The van der Waals surface area contributed by atoms with E-state index in [-0.39, 0.29) is 5.75 Å². The van der Waals surface area contributed by atoms with Crippen LogP contribution in [0.15, 0.2) is 18.2 Å². The summed E-state index contributed by atoms with van der Waals surface area (Å²) in [6.07, 6.45) is 2.41. The van der Waals surface area contributed by atoms with E-state index in [1.807, 2.05) is 13.0 Å². The Morgan fingerprint density at radius 1 is 1.53 bits per heavy atom. The van der Waals surface area contributed by atoms with E-state index in [0.717, 1.165) is 17.9 Å². The van der Waals surface area contributed by atoms with Crippen molar-refractivity contribution in [2.45, 2.75) is 25.8 Å². The molecule has 0 aromatic heterocycles. The van der Waals surface area contributed by atoms with Gasteiger partial charge >= 0.3 is 0 Å².